The van der Waals surface area contributed by atoms with Crippen LogP contribution in [0.3, 0.4) is 0 Å². The number of carbonyl (C=O) groups is 2. The standard InChI is InChI=1S/C26H29N5O2S2/c1-15-25(35-16(2)28-15)22-14-34-23(29-22)10-18-6-5-17(13-27-18)26(33)31-19-7-8-20(31)12-21(11-19)30-9-3-4-24(30)32/h5-6,13-14,19-21H,3-4,7-12H2,1-2H3/t19-,20+,21?. The molecule has 3 aromatic heterocycles. The molecule has 6 rings (SSSR count). The van der Waals surface area contributed by atoms with E-state index in [-0.39, 0.29) is 18.0 Å². The molecule has 0 aromatic carbocycles. The summed E-state index contributed by atoms with van der Waals surface area (Å²) in [6.45, 7) is 4.92. The van der Waals surface area contributed by atoms with Crippen molar-refractivity contribution in [2.45, 2.75) is 76.9 Å². The molecule has 3 aliphatic heterocycles. The number of carbonyl (C=O) groups excluding carboxylic acids is 2. The lowest BCUT2D eigenvalue weighted by Crippen LogP contribution is -2.52. The molecular formula is C26H29N5O2S2. The number of amides is 2. The third-order valence-corrected chi connectivity index (χ3v) is 9.53. The first-order valence-electron chi connectivity index (χ1n) is 12.4. The Hall–Kier alpha value is -2.65. The molecule has 3 atom stereocenters. The first-order chi connectivity index (χ1) is 17.0. The Morgan fingerprint density at radius 3 is 2.54 bits per heavy atom. The number of rotatable bonds is 5. The molecule has 2 amide bonds. The van der Waals surface area contributed by atoms with Crippen LogP contribution in [-0.2, 0) is 11.2 Å². The summed E-state index contributed by atoms with van der Waals surface area (Å²) in [5, 5.41) is 4.15. The number of hydrogen-bond donors (Lipinski definition) is 0. The summed E-state index contributed by atoms with van der Waals surface area (Å²) in [6, 6.07) is 4.62. The smallest absolute Gasteiger partial charge is 0.255 e. The molecule has 3 aromatic rings. The number of likely N-dealkylation sites (tertiary alicyclic amines) is 1. The summed E-state index contributed by atoms with van der Waals surface area (Å²) < 4.78 is 0. The molecular weight excluding hydrogens is 478 g/mol. The van der Waals surface area contributed by atoms with Gasteiger partial charge in [-0.1, -0.05) is 0 Å². The van der Waals surface area contributed by atoms with Gasteiger partial charge in [-0.05, 0) is 58.1 Å². The van der Waals surface area contributed by atoms with Gasteiger partial charge >= 0.3 is 0 Å². The number of aryl methyl sites for hydroxylation is 2. The minimum Gasteiger partial charge on any atom is -0.340 e. The van der Waals surface area contributed by atoms with E-state index in [1.165, 1.54) is 0 Å². The third-order valence-electron chi connectivity index (χ3n) is 7.59. The highest BCUT2D eigenvalue weighted by molar-refractivity contribution is 7.16. The van der Waals surface area contributed by atoms with Crippen LogP contribution in [0.25, 0.3) is 10.6 Å². The Balaban J connectivity index is 1.12. The SMILES string of the molecule is Cc1nc(C)c(-c2csc(Cc3ccc(C(=O)N4[C@@H]5CC[C@H]4CC(N4CCCC4=O)C5)cn3)n2)s1. The van der Waals surface area contributed by atoms with E-state index >= 15 is 0 Å². The highest BCUT2D eigenvalue weighted by Gasteiger charge is 2.46. The van der Waals surface area contributed by atoms with Gasteiger partial charge in [0, 0.05) is 54.8 Å². The number of thiazole rings is 2. The zero-order valence-corrected chi connectivity index (χ0v) is 21.7. The molecule has 3 aliphatic rings. The van der Waals surface area contributed by atoms with Gasteiger partial charge in [-0.2, -0.15) is 0 Å². The van der Waals surface area contributed by atoms with Crippen LogP contribution in [0.4, 0.5) is 0 Å². The maximum absolute atomic E-state index is 13.4. The van der Waals surface area contributed by atoms with Crippen molar-refractivity contribution in [1.29, 1.82) is 0 Å². The third kappa shape index (κ3) is 4.29. The lowest BCUT2D eigenvalue weighted by Gasteiger charge is -2.42. The largest absolute Gasteiger partial charge is 0.340 e. The average Bonchev–Trinajstić information content (AvgIpc) is 3.61. The predicted molar refractivity (Wildman–Crippen MR) is 137 cm³/mol. The zero-order chi connectivity index (χ0) is 24.1. The Morgan fingerprint density at radius 1 is 1.11 bits per heavy atom. The van der Waals surface area contributed by atoms with E-state index in [1.807, 2.05) is 26.0 Å². The fourth-order valence-corrected chi connectivity index (χ4v) is 7.77. The van der Waals surface area contributed by atoms with E-state index in [1.54, 1.807) is 28.9 Å². The number of nitrogens with zero attached hydrogens (tertiary/aromatic N) is 5. The predicted octanol–water partition coefficient (Wildman–Crippen LogP) is 4.63. The van der Waals surface area contributed by atoms with E-state index in [0.29, 0.717) is 30.4 Å². The van der Waals surface area contributed by atoms with Gasteiger partial charge in [-0.3, -0.25) is 14.6 Å². The van der Waals surface area contributed by atoms with Crippen molar-refractivity contribution in [2.24, 2.45) is 0 Å². The molecule has 0 N–H and O–H groups in total. The molecule has 35 heavy (non-hydrogen) atoms. The molecule has 6 heterocycles. The van der Waals surface area contributed by atoms with Gasteiger partial charge in [-0.15, -0.1) is 22.7 Å². The van der Waals surface area contributed by atoms with Crippen LogP contribution in [0.5, 0.6) is 0 Å². The van der Waals surface area contributed by atoms with Crippen molar-refractivity contribution in [2.75, 3.05) is 6.54 Å². The topological polar surface area (TPSA) is 79.3 Å². The van der Waals surface area contributed by atoms with Crippen LogP contribution >= 0.6 is 22.7 Å². The quantitative estimate of drug-likeness (QED) is 0.503. The fourth-order valence-electron chi connectivity index (χ4n) is 6.01. The number of pyridine rings is 1. The minimum absolute atomic E-state index is 0.0790. The van der Waals surface area contributed by atoms with Gasteiger partial charge in [0.05, 0.1) is 31.8 Å². The molecule has 0 aliphatic carbocycles. The Kier molecular flexibility index (Phi) is 5.92. The Bertz CT molecular complexity index is 1250. The summed E-state index contributed by atoms with van der Waals surface area (Å²) >= 11 is 3.31. The second-order valence-electron chi connectivity index (χ2n) is 9.90. The maximum Gasteiger partial charge on any atom is 0.255 e. The van der Waals surface area contributed by atoms with Crippen molar-refractivity contribution in [1.82, 2.24) is 24.8 Å². The molecule has 7 nitrogen and oxygen atoms in total. The van der Waals surface area contributed by atoms with E-state index in [9.17, 15) is 9.59 Å². The highest BCUT2D eigenvalue weighted by Crippen LogP contribution is 2.39. The van der Waals surface area contributed by atoms with Crippen LogP contribution in [-0.4, -0.2) is 61.2 Å². The summed E-state index contributed by atoms with van der Waals surface area (Å²) in [5.74, 6) is 0.369. The number of piperidine rings is 1. The summed E-state index contributed by atoms with van der Waals surface area (Å²) in [6.07, 6.45) is 7.90. The van der Waals surface area contributed by atoms with Gasteiger partial charge in [-0.25, -0.2) is 9.97 Å². The molecule has 0 spiro atoms. The van der Waals surface area contributed by atoms with E-state index in [2.05, 4.69) is 25.1 Å². The first kappa shape index (κ1) is 22.8. The van der Waals surface area contributed by atoms with Crippen molar-refractivity contribution >= 4 is 34.5 Å². The van der Waals surface area contributed by atoms with E-state index in [0.717, 1.165) is 70.6 Å². The first-order valence-corrected chi connectivity index (χ1v) is 14.1. The fraction of sp³-hybridized carbons (Fsp3) is 0.500. The Morgan fingerprint density at radius 2 is 1.91 bits per heavy atom. The number of fused-ring (bicyclic) bond motifs is 2. The Labute approximate surface area is 213 Å². The van der Waals surface area contributed by atoms with Crippen molar-refractivity contribution in [3.63, 3.8) is 0 Å². The van der Waals surface area contributed by atoms with Crippen LogP contribution < -0.4 is 0 Å². The lowest BCUT2D eigenvalue weighted by molar-refractivity contribution is -0.130. The molecule has 182 valence electrons. The molecule has 9 heteroatoms. The van der Waals surface area contributed by atoms with Crippen molar-refractivity contribution in [3.8, 4) is 10.6 Å². The van der Waals surface area contributed by atoms with Gasteiger partial charge < -0.3 is 9.80 Å². The summed E-state index contributed by atoms with van der Waals surface area (Å²) in [4.78, 5) is 44.8. The van der Waals surface area contributed by atoms with E-state index in [4.69, 9.17) is 4.98 Å². The second-order valence-corrected chi connectivity index (χ2v) is 12.0. The highest BCUT2D eigenvalue weighted by atomic mass is 32.1. The van der Waals surface area contributed by atoms with Gasteiger partial charge in [0.1, 0.15) is 0 Å². The molecule has 3 saturated heterocycles. The second kappa shape index (κ2) is 9.09. The zero-order valence-electron chi connectivity index (χ0n) is 20.1. The van der Waals surface area contributed by atoms with Crippen LogP contribution in [0.1, 0.15) is 70.3 Å². The van der Waals surface area contributed by atoms with Crippen LogP contribution in [0, 0.1) is 13.8 Å². The monoisotopic (exact) mass is 507 g/mol. The normalized spacial score (nSPS) is 23.9. The molecule has 2 bridgehead atoms. The summed E-state index contributed by atoms with van der Waals surface area (Å²) in [5.41, 5.74) is 3.57. The van der Waals surface area contributed by atoms with Gasteiger partial charge in [0.2, 0.25) is 5.91 Å². The van der Waals surface area contributed by atoms with E-state index < -0.39 is 0 Å². The molecule has 0 saturated carbocycles. The molecule has 1 unspecified atom stereocenters. The average molecular weight is 508 g/mol. The minimum atomic E-state index is 0.0790. The van der Waals surface area contributed by atoms with Crippen molar-refractivity contribution < 1.29 is 9.59 Å². The van der Waals surface area contributed by atoms with Crippen LogP contribution in [0.15, 0.2) is 23.7 Å². The molecule has 3 fully saturated rings. The number of aromatic nitrogens is 3. The van der Waals surface area contributed by atoms with Crippen molar-refractivity contribution in [3.05, 3.63) is 50.7 Å². The molecule has 0 radical (unpaired) electrons. The van der Waals surface area contributed by atoms with Gasteiger partial charge in [0.15, 0.2) is 0 Å². The van der Waals surface area contributed by atoms with Gasteiger partial charge in [0.25, 0.3) is 5.91 Å². The lowest BCUT2D eigenvalue weighted by atomic mass is 9.95. The van der Waals surface area contributed by atoms with Crippen LogP contribution in [0.2, 0.25) is 0 Å². The maximum atomic E-state index is 13.4. The summed E-state index contributed by atoms with van der Waals surface area (Å²) in [7, 11) is 0. The number of hydrogen-bond acceptors (Lipinski definition) is 7.